The van der Waals surface area contributed by atoms with Gasteiger partial charge in [-0.2, -0.15) is 8.78 Å². The first-order valence-electron chi connectivity index (χ1n) is 7.61. The van der Waals surface area contributed by atoms with E-state index in [0.29, 0.717) is 10.1 Å². The summed E-state index contributed by atoms with van der Waals surface area (Å²) < 4.78 is 37.2. The Labute approximate surface area is 147 Å². The van der Waals surface area contributed by atoms with Gasteiger partial charge in [0.15, 0.2) is 5.82 Å². The van der Waals surface area contributed by atoms with Gasteiger partial charge in [0.2, 0.25) is 0 Å². The molecule has 3 aromatic rings. The number of carbonyl (C=O) groups excluding carboxylic acids is 2. The van der Waals surface area contributed by atoms with E-state index in [2.05, 4.69) is 9.72 Å². The van der Waals surface area contributed by atoms with E-state index in [0.717, 1.165) is 0 Å². The molecule has 6 nitrogen and oxygen atoms in total. The minimum Gasteiger partial charge on any atom is -0.465 e. The van der Waals surface area contributed by atoms with Crippen molar-refractivity contribution in [2.75, 3.05) is 7.11 Å². The first-order valence-corrected chi connectivity index (χ1v) is 7.61. The molecular formula is C18H14F2N2O4. The third kappa shape index (κ3) is 3.26. The second-order valence-corrected chi connectivity index (χ2v) is 5.28. The normalized spacial score (nSPS) is 10.9. The van der Waals surface area contributed by atoms with Gasteiger partial charge in [-0.15, -0.1) is 0 Å². The number of nitrogens with zero attached hydrogens (tertiary/aromatic N) is 2. The molecule has 26 heavy (non-hydrogen) atoms. The van der Waals surface area contributed by atoms with Crippen LogP contribution in [-0.2, 0) is 16.1 Å². The molecule has 8 heteroatoms. The van der Waals surface area contributed by atoms with Crippen LogP contribution in [0.15, 0.2) is 48.5 Å². The average molecular weight is 360 g/mol. The van der Waals surface area contributed by atoms with Gasteiger partial charge >= 0.3 is 18.5 Å². The number of esters is 2. The minimum absolute atomic E-state index is 0.0148. The van der Waals surface area contributed by atoms with Gasteiger partial charge < -0.3 is 9.47 Å². The van der Waals surface area contributed by atoms with Crippen LogP contribution in [0.3, 0.4) is 0 Å². The first-order chi connectivity index (χ1) is 12.5. The molecule has 2 aromatic carbocycles. The van der Waals surface area contributed by atoms with Crippen LogP contribution < -0.4 is 0 Å². The smallest absolute Gasteiger partial charge is 0.339 e. The molecule has 0 saturated heterocycles. The molecule has 0 radical (unpaired) electrons. The average Bonchev–Trinajstić information content (AvgIpc) is 3.04. The lowest BCUT2D eigenvalue weighted by atomic mass is 10.1. The van der Waals surface area contributed by atoms with Crippen molar-refractivity contribution in [3.05, 3.63) is 65.5 Å². The highest BCUT2D eigenvalue weighted by Crippen LogP contribution is 2.24. The molecule has 134 valence electrons. The van der Waals surface area contributed by atoms with Crippen molar-refractivity contribution in [2.24, 2.45) is 0 Å². The van der Waals surface area contributed by atoms with Crippen LogP contribution in [0, 0.1) is 0 Å². The molecule has 0 aliphatic rings. The van der Waals surface area contributed by atoms with Gasteiger partial charge in [0, 0.05) is 0 Å². The number of rotatable bonds is 5. The van der Waals surface area contributed by atoms with Gasteiger partial charge in [0.1, 0.15) is 6.61 Å². The molecule has 0 aliphatic carbocycles. The molecule has 0 spiro atoms. The Hall–Kier alpha value is -3.29. The fourth-order valence-corrected chi connectivity index (χ4v) is 2.57. The summed E-state index contributed by atoms with van der Waals surface area (Å²) in [6, 6.07) is 12.3. The van der Waals surface area contributed by atoms with E-state index < -0.39 is 25.1 Å². The zero-order valence-corrected chi connectivity index (χ0v) is 13.7. The quantitative estimate of drug-likeness (QED) is 0.651. The molecule has 0 atom stereocenters. The van der Waals surface area contributed by atoms with E-state index in [9.17, 15) is 18.4 Å². The van der Waals surface area contributed by atoms with E-state index >= 15 is 0 Å². The number of alkyl halides is 2. The van der Waals surface area contributed by atoms with Crippen molar-refractivity contribution in [2.45, 2.75) is 13.2 Å². The zero-order chi connectivity index (χ0) is 18.7. The second kappa shape index (κ2) is 7.30. The van der Waals surface area contributed by atoms with Crippen molar-refractivity contribution < 1.29 is 27.8 Å². The number of hydrogen-bond acceptors (Lipinski definition) is 5. The van der Waals surface area contributed by atoms with Crippen molar-refractivity contribution >= 4 is 23.0 Å². The van der Waals surface area contributed by atoms with E-state index in [4.69, 9.17) is 4.74 Å². The number of imidazole rings is 1. The summed E-state index contributed by atoms with van der Waals surface area (Å²) in [4.78, 5) is 28.1. The number of hydrogen-bond donors (Lipinski definition) is 0. The number of methoxy groups -OCH3 is 1. The van der Waals surface area contributed by atoms with Crippen molar-refractivity contribution in [1.29, 1.82) is 0 Å². The topological polar surface area (TPSA) is 70.4 Å². The predicted octanol–water partition coefficient (Wildman–Crippen LogP) is 3.58. The number of fused-ring (bicyclic) bond motifs is 1. The Kier molecular flexibility index (Phi) is 4.92. The lowest BCUT2D eigenvalue weighted by molar-refractivity contribution is 0.0380. The summed E-state index contributed by atoms with van der Waals surface area (Å²) in [5, 5.41) is 0. The van der Waals surface area contributed by atoms with E-state index in [1.807, 2.05) is 0 Å². The van der Waals surface area contributed by atoms with Gasteiger partial charge in [-0.3, -0.25) is 4.57 Å². The van der Waals surface area contributed by atoms with E-state index in [1.54, 1.807) is 30.3 Å². The number of ether oxygens (including phenoxy) is 2. The zero-order valence-electron chi connectivity index (χ0n) is 13.7. The maximum Gasteiger partial charge on any atom is 0.339 e. The summed E-state index contributed by atoms with van der Waals surface area (Å²) in [6.45, 7) is -3.30. The van der Waals surface area contributed by atoms with Gasteiger partial charge in [0.05, 0.1) is 29.3 Å². The molecule has 0 aliphatic heterocycles. The van der Waals surface area contributed by atoms with E-state index in [-0.39, 0.29) is 22.5 Å². The van der Waals surface area contributed by atoms with Gasteiger partial charge in [-0.05, 0) is 24.3 Å². The number of halogens is 2. The summed E-state index contributed by atoms with van der Waals surface area (Å²) in [5.41, 5.74) is 0.624. The Bertz CT molecular complexity index is 969. The lowest BCUT2D eigenvalue weighted by Gasteiger charge is -2.10. The molecule has 0 amide bonds. The molecule has 1 aromatic heterocycles. The molecule has 0 saturated carbocycles. The summed E-state index contributed by atoms with van der Waals surface area (Å²) >= 11 is 0. The Morgan fingerprint density at radius 1 is 1.04 bits per heavy atom. The fraction of sp³-hybridized carbons (Fsp3) is 0.167. The number of carbonyl (C=O) groups is 2. The van der Waals surface area contributed by atoms with Crippen LogP contribution in [0.5, 0.6) is 0 Å². The van der Waals surface area contributed by atoms with Crippen LogP contribution in [0.2, 0.25) is 0 Å². The predicted molar refractivity (Wildman–Crippen MR) is 87.9 cm³/mol. The summed E-state index contributed by atoms with van der Waals surface area (Å²) in [6.07, 6.45) is 0. The maximum absolute atomic E-state index is 13.4. The molecule has 0 N–H and O–H groups in total. The van der Waals surface area contributed by atoms with Gasteiger partial charge in [-0.1, -0.05) is 24.3 Å². The first kappa shape index (κ1) is 17.5. The molecule has 0 unspecified atom stereocenters. The Morgan fingerprint density at radius 3 is 2.31 bits per heavy atom. The third-order valence-electron chi connectivity index (χ3n) is 3.75. The van der Waals surface area contributed by atoms with Crippen LogP contribution in [0.1, 0.15) is 33.1 Å². The van der Waals surface area contributed by atoms with Crippen LogP contribution >= 0.6 is 0 Å². The standard InChI is InChI=1S/C18H14F2N2O4/c1-25-16(23)11-6-2-3-7-12(11)17(24)26-10-15-21-13-8-4-5-9-14(13)22(15)18(19)20/h2-9,18H,10H2,1H3. The number of aromatic nitrogens is 2. The van der Waals surface area contributed by atoms with Crippen LogP contribution in [0.4, 0.5) is 8.78 Å². The SMILES string of the molecule is COC(=O)c1ccccc1C(=O)OCc1nc2ccccc2n1C(F)F. The summed E-state index contributed by atoms with van der Waals surface area (Å²) in [7, 11) is 1.19. The Morgan fingerprint density at radius 2 is 1.65 bits per heavy atom. The third-order valence-corrected chi connectivity index (χ3v) is 3.75. The number of para-hydroxylation sites is 2. The molecule has 1 heterocycles. The number of benzene rings is 2. The van der Waals surface area contributed by atoms with Crippen molar-refractivity contribution in [3.8, 4) is 0 Å². The molecule has 3 rings (SSSR count). The van der Waals surface area contributed by atoms with Crippen molar-refractivity contribution in [1.82, 2.24) is 9.55 Å². The Balaban J connectivity index is 1.86. The maximum atomic E-state index is 13.4. The monoisotopic (exact) mass is 360 g/mol. The highest BCUT2D eigenvalue weighted by molar-refractivity contribution is 6.03. The van der Waals surface area contributed by atoms with Gasteiger partial charge in [-0.25, -0.2) is 14.6 Å². The highest BCUT2D eigenvalue weighted by Gasteiger charge is 2.21. The lowest BCUT2D eigenvalue weighted by Crippen LogP contribution is -2.14. The molecular weight excluding hydrogens is 346 g/mol. The summed E-state index contributed by atoms with van der Waals surface area (Å²) in [5.74, 6) is -1.62. The highest BCUT2D eigenvalue weighted by atomic mass is 19.3. The molecule has 0 bridgehead atoms. The molecule has 0 fully saturated rings. The van der Waals surface area contributed by atoms with Crippen LogP contribution in [0.25, 0.3) is 11.0 Å². The van der Waals surface area contributed by atoms with E-state index in [1.165, 1.54) is 25.3 Å². The second-order valence-electron chi connectivity index (χ2n) is 5.28. The van der Waals surface area contributed by atoms with Crippen molar-refractivity contribution in [3.63, 3.8) is 0 Å². The largest absolute Gasteiger partial charge is 0.465 e. The van der Waals surface area contributed by atoms with Crippen LogP contribution in [-0.4, -0.2) is 28.6 Å². The minimum atomic E-state index is -2.83. The van der Waals surface area contributed by atoms with Gasteiger partial charge in [0.25, 0.3) is 0 Å². The fourth-order valence-electron chi connectivity index (χ4n) is 2.57.